The molecule has 0 spiro atoms. The lowest BCUT2D eigenvalue weighted by Crippen LogP contribution is -1.93. The Kier molecular flexibility index (Phi) is 3.40. The summed E-state index contributed by atoms with van der Waals surface area (Å²) in [5.41, 5.74) is 1.21. The average Bonchev–Trinajstić information content (AvgIpc) is 2.32. The van der Waals surface area contributed by atoms with Crippen LogP contribution in [-0.2, 0) is 0 Å². The van der Waals surface area contributed by atoms with Gasteiger partial charge < -0.3 is 4.74 Å². The van der Waals surface area contributed by atoms with Crippen molar-refractivity contribution in [2.75, 3.05) is 0 Å². The summed E-state index contributed by atoms with van der Waals surface area (Å²) >= 11 is 5.87. The summed E-state index contributed by atoms with van der Waals surface area (Å²) in [6, 6.07) is 8.44. The number of hydrogen-bond acceptors (Lipinski definition) is 3. The molecule has 0 saturated heterocycles. The quantitative estimate of drug-likeness (QED) is 0.777. The lowest BCUT2D eigenvalue weighted by molar-refractivity contribution is 0.112. The van der Waals surface area contributed by atoms with E-state index in [1.54, 1.807) is 36.5 Å². The molecule has 0 aliphatic heterocycles. The van der Waals surface area contributed by atoms with E-state index < -0.39 is 0 Å². The molecule has 2 aromatic rings. The number of benzene rings is 1. The Labute approximate surface area is 104 Å². The highest BCUT2D eigenvalue weighted by Gasteiger charge is 2.07. The summed E-state index contributed by atoms with van der Waals surface area (Å²) in [5.74, 6) is 1.04. The number of halogens is 1. The number of aromatic nitrogens is 1. The van der Waals surface area contributed by atoms with Crippen molar-refractivity contribution in [3.05, 3.63) is 52.8 Å². The van der Waals surface area contributed by atoms with Gasteiger partial charge in [0.15, 0.2) is 6.29 Å². The predicted octanol–water partition coefficient (Wildman–Crippen LogP) is 3.65. The van der Waals surface area contributed by atoms with Crippen LogP contribution < -0.4 is 4.74 Å². The Balaban J connectivity index is 2.39. The van der Waals surface area contributed by atoms with E-state index in [0.717, 1.165) is 12.0 Å². The van der Waals surface area contributed by atoms with Gasteiger partial charge in [0.25, 0.3) is 0 Å². The maximum atomic E-state index is 10.9. The van der Waals surface area contributed by atoms with Gasteiger partial charge in [0.1, 0.15) is 11.5 Å². The molecule has 0 fully saturated rings. The molecule has 1 aromatic carbocycles. The van der Waals surface area contributed by atoms with Crippen molar-refractivity contribution in [3.63, 3.8) is 0 Å². The molecule has 0 aliphatic rings. The Morgan fingerprint density at radius 1 is 1.29 bits per heavy atom. The van der Waals surface area contributed by atoms with Crippen molar-refractivity contribution < 1.29 is 9.53 Å². The SMILES string of the molecule is Cc1ncccc1Oc1cc(Cl)ccc1C=O. The molecule has 0 atom stereocenters. The number of carbonyl (C=O) groups is 1. The van der Waals surface area contributed by atoms with Crippen LogP contribution >= 0.6 is 11.6 Å². The second-order valence-corrected chi connectivity index (χ2v) is 3.93. The van der Waals surface area contributed by atoms with Crippen LogP contribution in [0.15, 0.2) is 36.5 Å². The minimum atomic E-state index is 0.434. The van der Waals surface area contributed by atoms with Crippen molar-refractivity contribution in [3.8, 4) is 11.5 Å². The molecule has 1 heterocycles. The molecular formula is C13H10ClNO2. The van der Waals surface area contributed by atoms with Gasteiger partial charge in [0, 0.05) is 17.3 Å². The maximum absolute atomic E-state index is 10.9. The van der Waals surface area contributed by atoms with Crippen LogP contribution in [0.3, 0.4) is 0 Å². The van der Waals surface area contributed by atoms with E-state index in [1.165, 1.54) is 0 Å². The third-order valence-electron chi connectivity index (χ3n) is 2.28. The van der Waals surface area contributed by atoms with Crippen LogP contribution in [0, 0.1) is 6.92 Å². The average molecular weight is 248 g/mol. The fraction of sp³-hybridized carbons (Fsp3) is 0.0769. The number of aryl methyl sites for hydroxylation is 1. The van der Waals surface area contributed by atoms with Crippen LogP contribution in [-0.4, -0.2) is 11.3 Å². The number of rotatable bonds is 3. The summed E-state index contributed by atoms with van der Waals surface area (Å²) in [6.45, 7) is 1.83. The van der Waals surface area contributed by atoms with Gasteiger partial charge in [-0.25, -0.2) is 0 Å². The maximum Gasteiger partial charge on any atom is 0.153 e. The molecule has 1 aromatic heterocycles. The first kappa shape index (κ1) is 11.6. The summed E-state index contributed by atoms with van der Waals surface area (Å²) in [6.07, 6.45) is 2.41. The minimum absolute atomic E-state index is 0.434. The van der Waals surface area contributed by atoms with Gasteiger partial charge in [0.05, 0.1) is 11.3 Å². The minimum Gasteiger partial charge on any atom is -0.455 e. The lowest BCUT2D eigenvalue weighted by atomic mass is 10.2. The van der Waals surface area contributed by atoms with Crippen molar-refractivity contribution in [1.82, 2.24) is 4.98 Å². The number of hydrogen-bond donors (Lipinski definition) is 0. The van der Waals surface area contributed by atoms with Crippen molar-refractivity contribution in [2.45, 2.75) is 6.92 Å². The molecule has 2 rings (SSSR count). The first-order chi connectivity index (χ1) is 8.20. The Morgan fingerprint density at radius 2 is 2.12 bits per heavy atom. The second-order valence-electron chi connectivity index (χ2n) is 3.49. The van der Waals surface area contributed by atoms with Crippen LogP contribution in [0.2, 0.25) is 5.02 Å². The zero-order chi connectivity index (χ0) is 12.3. The molecule has 3 nitrogen and oxygen atoms in total. The smallest absolute Gasteiger partial charge is 0.153 e. The number of nitrogens with zero attached hydrogens (tertiary/aromatic N) is 1. The highest BCUT2D eigenvalue weighted by atomic mass is 35.5. The van der Waals surface area contributed by atoms with Gasteiger partial charge in [0.2, 0.25) is 0 Å². The van der Waals surface area contributed by atoms with E-state index >= 15 is 0 Å². The van der Waals surface area contributed by atoms with Gasteiger partial charge in [-0.2, -0.15) is 0 Å². The fourth-order valence-electron chi connectivity index (χ4n) is 1.39. The van der Waals surface area contributed by atoms with Crippen molar-refractivity contribution in [2.24, 2.45) is 0 Å². The third-order valence-corrected chi connectivity index (χ3v) is 2.52. The van der Waals surface area contributed by atoms with Gasteiger partial charge in [-0.15, -0.1) is 0 Å². The zero-order valence-electron chi connectivity index (χ0n) is 9.18. The number of aldehydes is 1. The fourth-order valence-corrected chi connectivity index (χ4v) is 1.55. The molecule has 0 bridgehead atoms. The van der Waals surface area contributed by atoms with Crippen LogP contribution in [0.5, 0.6) is 11.5 Å². The first-order valence-electron chi connectivity index (χ1n) is 5.05. The van der Waals surface area contributed by atoms with E-state index in [1.807, 2.05) is 6.92 Å². The predicted molar refractivity (Wildman–Crippen MR) is 65.9 cm³/mol. The molecule has 17 heavy (non-hydrogen) atoms. The highest BCUT2D eigenvalue weighted by Crippen LogP contribution is 2.28. The Hall–Kier alpha value is -1.87. The van der Waals surface area contributed by atoms with E-state index in [0.29, 0.717) is 22.1 Å². The molecule has 4 heteroatoms. The van der Waals surface area contributed by atoms with Crippen molar-refractivity contribution >= 4 is 17.9 Å². The molecule has 0 aliphatic carbocycles. The lowest BCUT2D eigenvalue weighted by Gasteiger charge is -2.09. The normalized spacial score (nSPS) is 10.0. The molecule has 0 saturated carbocycles. The van der Waals surface area contributed by atoms with E-state index in [-0.39, 0.29) is 0 Å². The van der Waals surface area contributed by atoms with Gasteiger partial charge in [-0.1, -0.05) is 11.6 Å². The summed E-state index contributed by atoms with van der Waals surface area (Å²) in [5, 5.41) is 0.521. The molecule has 0 amide bonds. The summed E-state index contributed by atoms with van der Waals surface area (Å²) < 4.78 is 5.63. The number of ether oxygens (including phenoxy) is 1. The highest BCUT2D eigenvalue weighted by molar-refractivity contribution is 6.30. The summed E-state index contributed by atoms with van der Waals surface area (Å²) in [4.78, 5) is 15.0. The summed E-state index contributed by atoms with van der Waals surface area (Å²) in [7, 11) is 0. The van der Waals surface area contributed by atoms with Crippen LogP contribution in [0.1, 0.15) is 16.1 Å². The number of pyridine rings is 1. The Morgan fingerprint density at radius 3 is 2.82 bits per heavy atom. The zero-order valence-corrected chi connectivity index (χ0v) is 9.94. The van der Waals surface area contributed by atoms with Crippen molar-refractivity contribution in [1.29, 1.82) is 0 Å². The molecule has 0 unspecified atom stereocenters. The van der Waals surface area contributed by atoms with Crippen LogP contribution in [0.4, 0.5) is 0 Å². The van der Waals surface area contributed by atoms with Gasteiger partial charge >= 0.3 is 0 Å². The standard InChI is InChI=1S/C13H10ClNO2/c1-9-12(3-2-6-15-9)17-13-7-11(14)5-4-10(13)8-16/h2-8H,1H3. The van der Waals surface area contributed by atoms with E-state index in [9.17, 15) is 4.79 Å². The van der Waals surface area contributed by atoms with Gasteiger partial charge in [-0.3, -0.25) is 9.78 Å². The largest absolute Gasteiger partial charge is 0.455 e. The molecule has 86 valence electrons. The van der Waals surface area contributed by atoms with E-state index in [2.05, 4.69) is 4.98 Å². The monoisotopic (exact) mass is 247 g/mol. The van der Waals surface area contributed by atoms with E-state index in [4.69, 9.17) is 16.3 Å². The Bertz CT molecular complexity index is 555. The molecular weight excluding hydrogens is 238 g/mol. The van der Waals surface area contributed by atoms with Crippen LogP contribution in [0.25, 0.3) is 0 Å². The second kappa shape index (κ2) is 4.97. The molecule has 0 radical (unpaired) electrons. The number of carbonyl (C=O) groups excluding carboxylic acids is 1. The molecule has 0 N–H and O–H groups in total. The third kappa shape index (κ3) is 2.63. The topological polar surface area (TPSA) is 39.2 Å². The first-order valence-corrected chi connectivity index (χ1v) is 5.42. The van der Waals surface area contributed by atoms with Gasteiger partial charge in [-0.05, 0) is 31.2 Å².